The maximum atomic E-state index is 14.1. The summed E-state index contributed by atoms with van der Waals surface area (Å²) in [6.07, 6.45) is 3.22. The van der Waals surface area contributed by atoms with E-state index in [1.807, 2.05) is 42.6 Å². The average Bonchev–Trinajstić information content (AvgIpc) is 3.53. The lowest BCUT2D eigenvalue weighted by Gasteiger charge is -2.20. The van der Waals surface area contributed by atoms with Crippen LogP contribution in [0.3, 0.4) is 0 Å². The number of hydrogen-bond acceptors (Lipinski definition) is 8. The third kappa shape index (κ3) is 4.46. The number of nitrogens with two attached hydrogens (primary N) is 1. The fraction of sp³-hybridized carbons (Fsp3) is 0.103. The van der Waals surface area contributed by atoms with Gasteiger partial charge in [0.2, 0.25) is 0 Å². The number of fused-ring (bicyclic) bond motifs is 2. The van der Waals surface area contributed by atoms with Crippen molar-refractivity contribution in [1.82, 2.24) is 34.4 Å². The lowest BCUT2D eigenvalue weighted by Crippen LogP contribution is -2.33. The number of benzene rings is 2. The fourth-order valence-electron chi connectivity index (χ4n) is 4.48. The van der Waals surface area contributed by atoms with Gasteiger partial charge in [-0.05, 0) is 50.1 Å². The van der Waals surface area contributed by atoms with E-state index in [0.717, 1.165) is 5.01 Å². The van der Waals surface area contributed by atoms with Crippen molar-refractivity contribution in [2.24, 2.45) is 0 Å². The minimum atomic E-state index is -0.685. The Morgan fingerprint density at radius 2 is 1.90 bits per heavy atom. The summed E-state index contributed by atoms with van der Waals surface area (Å²) in [5.74, 6) is 6.07. The molecule has 10 nitrogen and oxygen atoms in total. The molecule has 0 saturated heterocycles. The van der Waals surface area contributed by atoms with Gasteiger partial charge in [-0.3, -0.25) is 14.2 Å². The molecule has 0 aliphatic heterocycles. The second kappa shape index (κ2) is 10.1. The highest BCUT2D eigenvalue weighted by Crippen LogP contribution is 2.22. The smallest absolute Gasteiger partial charge is 0.267 e. The van der Waals surface area contributed by atoms with Crippen molar-refractivity contribution in [3.63, 3.8) is 0 Å². The number of amides is 1. The summed E-state index contributed by atoms with van der Waals surface area (Å²) in [5, 5.41) is 10.3. The summed E-state index contributed by atoms with van der Waals surface area (Å²) in [6, 6.07) is 15.5. The first kappa shape index (κ1) is 25.0. The maximum absolute atomic E-state index is 14.1. The largest absolute Gasteiger partial charge is 0.381 e. The minimum absolute atomic E-state index is 0.0499. The highest BCUT2D eigenvalue weighted by molar-refractivity contribution is 7.09. The molecule has 4 heterocycles. The number of nitrogen functional groups attached to an aromatic ring is 1. The predicted octanol–water partition coefficient (Wildman–Crippen LogP) is 3.67. The van der Waals surface area contributed by atoms with Gasteiger partial charge in [0, 0.05) is 23.3 Å². The average molecular weight is 547 g/mol. The van der Waals surface area contributed by atoms with Crippen molar-refractivity contribution >= 4 is 39.6 Å². The summed E-state index contributed by atoms with van der Waals surface area (Å²) < 4.78 is 2.95. The Balaban J connectivity index is 1.48. The Labute approximate surface area is 232 Å². The van der Waals surface area contributed by atoms with Gasteiger partial charge in [-0.15, -0.1) is 16.4 Å². The summed E-state index contributed by atoms with van der Waals surface area (Å²) in [6.45, 7) is 3.67. The van der Waals surface area contributed by atoms with Crippen LogP contribution in [0.15, 0.2) is 77.2 Å². The Bertz CT molecular complexity index is 2030. The number of nitrogens with zero attached hydrogens (tertiary/aromatic N) is 6. The van der Waals surface area contributed by atoms with Crippen LogP contribution in [0.1, 0.15) is 45.4 Å². The molecule has 196 valence electrons. The molecule has 0 spiro atoms. The van der Waals surface area contributed by atoms with Crippen LogP contribution in [-0.2, 0) is 0 Å². The molecule has 0 fully saturated rings. The first-order chi connectivity index (χ1) is 19.4. The quantitative estimate of drug-likeness (QED) is 0.322. The number of hydrogen-bond donors (Lipinski definition) is 2. The van der Waals surface area contributed by atoms with Crippen molar-refractivity contribution in [1.29, 1.82) is 0 Å². The van der Waals surface area contributed by atoms with E-state index in [1.54, 1.807) is 43.6 Å². The molecule has 0 aliphatic carbocycles. The number of anilines is 1. The number of thiazole rings is 1. The van der Waals surface area contributed by atoms with Crippen molar-refractivity contribution in [3.8, 4) is 17.5 Å². The standard InChI is InChI=1S/C29H22N8O2S/c1-17(32-28(38)24-25(30)35-36-15-7-14-31-27(24)36)26-34-22-11-6-8-19(12-13-20-16-40-18(2)33-20)23(22)29(39)37(26)21-9-4-3-5-10-21/h3-11,14-17H,1-2H3,(H2,30,35)(H,32,38)/t17-/m0/s1. The van der Waals surface area contributed by atoms with Gasteiger partial charge in [-0.2, -0.15) is 0 Å². The number of aromatic nitrogens is 6. The molecule has 11 heteroatoms. The number of aryl methyl sites for hydroxylation is 1. The van der Waals surface area contributed by atoms with E-state index in [1.165, 1.54) is 20.4 Å². The molecular weight excluding hydrogens is 524 g/mol. The topological polar surface area (TPSA) is 133 Å². The molecule has 6 aromatic rings. The van der Waals surface area contributed by atoms with Crippen LogP contribution in [0.4, 0.5) is 5.82 Å². The van der Waals surface area contributed by atoms with Crippen molar-refractivity contribution in [2.45, 2.75) is 19.9 Å². The van der Waals surface area contributed by atoms with E-state index >= 15 is 0 Å². The summed E-state index contributed by atoms with van der Waals surface area (Å²) in [4.78, 5) is 41.0. The van der Waals surface area contributed by atoms with Gasteiger partial charge in [0.15, 0.2) is 11.5 Å². The van der Waals surface area contributed by atoms with E-state index < -0.39 is 11.9 Å². The van der Waals surface area contributed by atoms with Gasteiger partial charge >= 0.3 is 0 Å². The highest BCUT2D eigenvalue weighted by Gasteiger charge is 2.24. The van der Waals surface area contributed by atoms with E-state index in [4.69, 9.17) is 10.7 Å². The SMILES string of the molecule is Cc1nc(C#Cc2cccc3nc([C@H](C)NC(=O)c4c(N)nn5cccnc45)n(-c4ccccc4)c(=O)c23)cs1. The Morgan fingerprint density at radius 3 is 2.67 bits per heavy atom. The monoisotopic (exact) mass is 546 g/mol. The van der Waals surface area contributed by atoms with Crippen molar-refractivity contribution < 1.29 is 4.79 Å². The third-order valence-electron chi connectivity index (χ3n) is 6.27. The molecule has 0 aliphatic rings. The number of rotatable bonds is 4. The number of carbonyl (C=O) groups is 1. The highest BCUT2D eigenvalue weighted by atomic mass is 32.1. The maximum Gasteiger partial charge on any atom is 0.267 e. The van der Waals surface area contributed by atoms with E-state index in [9.17, 15) is 9.59 Å². The van der Waals surface area contributed by atoms with Crippen LogP contribution in [0.5, 0.6) is 0 Å². The lowest BCUT2D eigenvalue weighted by molar-refractivity contribution is 0.0940. The van der Waals surface area contributed by atoms with E-state index in [2.05, 4.69) is 32.2 Å². The molecular formula is C29H22N8O2S. The zero-order chi connectivity index (χ0) is 27.8. The lowest BCUT2D eigenvalue weighted by atomic mass is 10.1. The third-order valence-corrected chi connectivity index (χ3v) is 7.04. The molecule has 6 rings (SSSR count). The van der Waals surface area contributed by atoms with Gasteiger partial charge in [0.1, 0.15) is 17.1 Å². The molecule has 1 amide bonds. The molecule has 0 radical (unpaired) electrons. The fourth-order valence-corrected chi connectivity index (χ4v) is 5.02. The molecule has 3 N–H and O–H groups in total. The van der Waals surface area contributed by atoms with Crippen LogP contribution < -0.4 is 16.6 Å². The van der Waals surface area contributed by atoms with Crippen LogP contribution in [-0.4, -0.2) is 35.0 Å². The second-order valence-electron chi connectivity index (χ2n) is 8.99. The summed E-state index contributed by atoms with van der Waals surface area (Å²) >= 11 is 1.51. The molecule has 2 aromatic carbocycles. The van der Waals surface area contributed by atoms with Gasteiger partial charge in [0.25, 0.3) is 11.5 Å². The van der Waals surface area contributed by atoms with Gasteiger partial charge < -0.3 is 11.1 Å². The number of nitrogens with one attached hydrogen (secondary N) is 1. The van der Waals surface area contributed by atoms with E-state index in [0.29, 0.717) is 39.3 Å². The normalized spacial score (nSPS) is 11.8. The van der Waals surface area contributed by atoms with Crippen molar-refractivity contribution in [2.75, 3.05) is 5.73 Å². The first-order valence-electron chi connectivity index (χ1n) is 12.4. The minimum Gasteiger partial charge on any atom is -0.381 e. The van der Waals surface area contributed by atoms with Crippen LogP contribution in [0.2, 0.25) is 0 Å². The molecule has 1 atom stereocenters. The van der Waals surface area contributed by atoms with Gasteiger partial charge in [-0.1, -0.05) is 30.2 Å². The van der Waals surface area contributed by atoms with Crippen LogP contribution in [0, 0.1) is 18.8 Å². The molecule has 40 heavy (non-hydrogen) atoms. The van der Waals surface area contributed by atoms with E-state index in [-0.39, 0.29) is 16.9 Å². The zero-order valence-corrected chi connectivity index (χ0v) is 22.3. The van der Waals surface area contributed by atoms with Crippen molar-refractivity contribution in [3.05, 3.63) is 110 Å². The predicted molar refractivity (Wildman–Crippen MR) is 153 cm³/mol. The zero-order valence-electron chi connectivity index (χ0n) is 21.5. The Morgan fingerprint density at radius 1 is 1.07 bits per heavy atom. The Hall–Kier alpha value is -5.34. The summed E-state index contributed by atoms with van der Waals surface area (Å²) in [7, 11) is 0. The van der Waals surface area contributed by atoms with Gasteiger partial charge in [-0.25, -0.2) is 19.5 Å². The van der Waals surface area contributed by atoms with Crippen LogP contribution in [0.25, 0.3) is 22.2 Å². The molecule has 4 aromatic heterocycles. The first-order valence-corrected chi connectivity index (χ1v) is 13.2. The van der Waals surface area contributed by atoms with Gasteiger partial charge in [0.05, 0.1) is 27.6 Å². The van der Waals surface area contributed by atoms with Crippen LogP contribution >= 0.6 is 11.3 Å². The Kier molecular flexibility index (Phi) is 6.30. The number of carbonyl (C=O) groups excluding carboxylic acids is 1. The summed E-state index contributed by atoms with van der Waals surface area (Å²) in [5.41, 5.74) is 8.49. The second-order valence-corrected chi connectivity index (χ2v) is 10.1. The molecule has 0 unspecified atom stereocenters. The molecule has 0 saturated carbocycles. The molecule has 0 bridgehead atoms. The number of para-hydroxylation sites is 1.